The number of amides is 1. The summed E-state index contributed by atoms with van der Waals surface area (Å²) >= 11 is 0. The van der Waals surface area contributed by atoms with Crippen LogP contribution in [0, 0.1) is 0 Å². The lowest BCUT2D eigenvalue weighted by Gasteiger charge is -2.04. The number of benzene rings is 1. The highest BCUT2D eigenvalue weighted by molar-refractivity contribution is 5.93. The van der Waals surface area contributed by atoms with Crippen LogP contribution in [0.4, 0.5) is 0 Å². The molecule has 0 saturated carbocycles. The first kappa shape index (κ1) is 13.9. The van der Waals surface area contributed by atoms with Crippen molar-refractivity contribution >= 4 is 11.7 Å². The Kier molecular flexibility index (Phi) is 5.58. The van der Waals surface area contributed by atoms with E-state index in [0.717, 1.165) is 5.56 Å². The molecule has 0 atom stereocenters. The maximum Gasteiger partial charge on any atom is 0.247 e. The van der Waals surface area contributed by atoms with Gasteiger partial charge in [-0.25, -0.2) is 0 Å². The number of hydrogen-bond acceptors (Lipinski definition) is 2. The zero-order chi connectivity index (χ0) is 13.4. The van der Waals surface area contributed by atoms with Crippen LogP contribution in [-0.2, 0) is 16.1 Å². The summed E-state index contributed by atoms with van der Waals surface area (Å²) in [4.78, 5) is 22.4. The molecule has 0 unspecified atom stereocenters. The Hall–Kier alpha value is -2.16. The molecule has 0 aromatic heterocycles. The molecule has 0 fully saturated rings. The van der Waals surface area contributed by atoms with Gasteiger partial charge in [-0.3, -0.25) is 9.59 Å². The molecule has 0 aliphatic carbocycles. The number of nitrogens with one attached hydrogen (secondary N) is 1. The molecule has 0 radical (unpaired) electrons. The van der Waals surface area contributed by atoms with E-state index in [0.29, 0.717) is 12.1 Å². The fraction of sp³-hybridized carbons (Fsp3) is 0.200. The van der Waals surface area contributed by atoms with Gasteiger partial charge in [0, 0.05) is 12.1 Å². The molecule has 0 spiro atoms. The second-order valence-electron chi connectivity index (χ2n) is 3.99. The summed E-state index contributed by atoms with van der Waals surface area (Å²) in [6.45, 7) is 3.68. The zero-order valence-corrected chi connectivity index (χ0v) is 10.6. The van der Waals surface area contributed by atoms with Crippen LogP contribution in [0.25, 0.3) is 0 Å². The first-order valence-corrected chi connectivity index (χ1v) is 5.77. The number of carbonyl (C=O) groups is 2. The normalized spacial score (nSPS) is 11.6. The van der Waals surface area contributed by atoms with Gasteiger partial charge in [-0.05, 0) is 25.5 Å². The Bertz CT molecular complexity index is 473. The van der Waals surface area contributed by atoms with Gasteiger partial charge >= 0.3 is 0 Å². The lowest BCUT2D eigenvalue weighted by molar-refractivity contribution is -0.117. The van der Waals surface area contributed by atoms with E-state index in [1.165, 1.54) is 13.0 Å². The molecule has 94 valence electrons. The maximum absolute atomic E-state index is 11.7. The van der Waals surface area contributed by atoms with E-state index in [-0.39, 0.29) is 11.7 Å². The molecule has 1 aromatic carbocycles. The molecule has 1 rings (SSSR count). The molecular weight excluding hydrogens is 226 g/mol. The van der Waals surface area contributed by atoms with Crippen LogP contribution >= 0.6 is 0 Å². The molecule has 0 bridgehead atoms. The number of ketones is 1. The molecule has 1 amide bonds. The van der Waals surface area contributed by atoms with Gasteiger partial charge in [-0.2, -0.15) is 0 Å². The summed E-state index contributed by atoms with van der Waals surface area (Å²) in [7, 11) is 0. The molecule has 1 aromatic rings. The van der Waals surface area contributed by atoms with E-state index in [1.807, 2.05) is 30.3 Å². The SMILES string of the molecule is CC(=O)/C=C/C=C(/C)C(=O)NCc1ccccc1. The average Bonchev–Trinajstić information content (AvgIpc) is 2.36. The number of carbonyl (C=O) groups excluding carboxylic acids is 2. The highest BCUT2D eigenvalue weighted by Gasteiger charge is 2.02. The summed E-state index contributed by atoms with van der Waals surface area (Å²) in [5.74, 6) is -0.171. The first-order valence-electron chi connectivity index (χ1n) is 5.77. The topological polar surface area (TPSA) is 46.2 Å². The van der Waals surface area contributed by atoms with Crippen molar-refractivity contribution in [1.82, 2.24) is 5.32 Å². The second-order valence-corrected chi connectivity index (χ2v) is 3.99. The van der Waals surface area contributed by atoms with E-state index in [2.05, 4.69) is 5.32 Å². The van der Waals surface area contributed by atoms with Crippen LogP contribution in [0.5, 0.6) is 0 Å². The van der Waals surface area contributed by atoms with Crippen LogP contribution in [-0.4, -0.2) is 11.7 Å². The molecule has 1 N–H and O–H groups in total. The maximum atomic E-state index is 11.7. The minimum absolute atomic E-state index is 0.0382. The molecule has 18 heavy (non-hydrogen) atoms. The monoisotopic (exact) mass is 243 g/mol. The predicted molar refractivity (Wildman–Crippen MR) is 71.9 cm³/mol. The van der Waals surface area contributed by atoms with E-state index in [4.69, 9.17) is 0 Å². The van der Waals surface area contributed by atoms with Gasteiger partial charge in [0.05, 0.1) is 0 Å². The van der Waals surface area contributed by atoms with Crippen molar-refractivity contribution in [3.8, 4) is 0 Å². The lowest BCUT2D eigenvalue weighted by atomic mass is 10.2. The van der Waals surface area contributed by atoms with E-state index < -0.39 is 0 Å². The molecule has 0 heterocycles. The highest BCUT2D eigenvalue weighted by atomic mass is 16.1. The van der Waals surface area contributed by atoms with Crippen LogP contribution in [0.3, 0.4) is 0 Å². The highest BCUT2D eigenvalue weighted by Crippen LogP contribution is 1.99. The smallest absolute Gasteiger partial charge is 0.247 e. The Morgan fingerprint density at radius 2 is 1.83 bits per heavy atom. The van der Waals surface area contributed by atoms with Crippen LogP contribution in [0.15, 0.2) is 54.1 Å². The third kappa shape index (κ3) is 5.25. The number of allylic oxidation sites excluding steroid dienone is 3. The van der Waals surface area contributed by atoms with Crippen LogP contribution in [0.2, 0.25) is 0 Å². The third-order valence-corrected chi connectivity index (χ3v) is 2.33. The minimum atomic E-state index is -0.132. The van der Waals surface area contributed by atoms with Crippen LogP contribution in [0.1, 0.15) is 19.4 Å². The first-order chi connectivity index (χ1) is 8.59. The van der Waals surface area contributed by atoms with Crippen LogP contribution < -0.4 is 5.32 Å². The molecule has 3 heteroatoms. The van der Waals surface area contributed by atoms with Crippen molar-refractivity contribution in [2.75, 3.05) is 0 Å². The van der Waals surface area contributed by atoms with Gasteiger partial charge in [0.2, 0.25) is 5.91 Å². The molecule has 3 nitrogen and oxygen atoms in total. The quantitative estimate of drug-likeness (QED) is 0.637. The van der Waals surface area contributed by atoms with Gasteiger partial charge < -0.3 is 5.32 Å². The third-order valence-electron chi connectivity index (χ3n) is 2.33. The second kappa shape index (κ2) is 7.22. The average molecular weight is 243 g/mol. The summed E-state index contributed by atoms with van der Waals surface area (Å²) in [5.41, 5.74) is 1.63. The standard InChI is InChI=1S/C15H17NO2/c1-12(7-6-8-13(2)17)15(18)16-11-14-9-4-3-5-10-14/h3-10H,11H2,1-2H3,(H,16,18)/b8-6+,12-7-. The van der Waals surface area contributed by atoms with Gasteiger partial charge in [0.25, 0.3) is 0 Å². The Morgan fingerprint density at radius 1 is 1.17 bits per heavy atom. The van der Waals surface area contributed by atoms with Crippen molar-refractivity contribution in [3.05, 3.63) is 59.7 Å². The van der Waals surface area contributed by atoms with Crippen molar-refractivity contribution in [3.63, 3.8) is 0 Å². The summed E-state index contributed by atoms with van der Waals surface area (Å²) in [5, 5.41) is 2.81. The van der Waals surface area contributed by atoms with Gasteiger partial charge in [-0.15, -0.1) is 0 Å². The van der Waals surface area contributed by atoms with E-state index in [1.54, 1.807) is 19.1 Å². The summed E-state index contributed by atoms with van der Waals surface area (Å²) < 4.78 is 0. The lowest BCUT2D eigenvalue weighted by Crippen LogP contribution is -2.23. The predicted octanol–water partition coefficient (Wildman–Crippen LogP) is 2.39. The van der Waals surface area contributed by atoms with Crippen molar-refractivity contribution < 1.29 is 9.59 Å². The van der Waals surface area contributed by atoms with E-state index >= 15 is 0 Å². The Labute approximate surface area is 107 Å². The van der Waals surface area contributed by atoms with Gasteiger partial charge in [-0.1, -0.05) is 42.5 Å². The Balaban J connectivity index is 2.48. The molecule has 0 aliphatic heterocycles. The Morgan fingerprint density at radius 3 is 2.44 bits per heavy atom. The summed E-state index contributed by atoms with van der Waals surface area (Å²) in [6.07, 6.45) is 4.63. The molecular formula is C15H17NO2. The zero-order valence-electron chi connectivity index (χ0n) is 10.6. The fourth-order valence-corrected chi connectivity index (χ4v) is 1.32. The number of hydrogen-bond donors (Lipinski definition) is 1. The van der Waals surface area contributed by atoms with Gasteiger partial charge in [0.1, 0.15) is 0 Å². The largest absolute Gasteiger partial charge is 0.348 e. The minimum Gasteiger partial charge on any atom is -0.348 e. The van der Waals surface area contributed by atoms with Crippen molar-refractivity contribution in [1.29, 1.82) is 0 Å². The van der Waals surface area contributed by atoms with E-state index in [9.17, 15) is 9.59 Å². The molecule has 0 aliphatic rings. The van der Waals surface area contributed by atoms with Crippen molar-refractivity contribution in [2.45, 2.75) is 20.4 Å². The van der Waals surface area contributed by atoms with Crippen molar-refractivity contribution in [2.24, 2.45) is 0 Å². The number of rotatable bonds is 5. The fourth-order valence-electron chi connectivity index (χ4n) is 1.32. The molecule has 0 saturated heterocycles. The van der Waals surface area contributed by atoms with Gasteiger partial charge in [0.15, 0.2) is 5.78 Å². The summed E-state index contributed by atoms with van der Waals surface area (Å²) in [6, 6.07) is 9.70.